The summed E-state index contributed by atoms with van der Waals surface area (Å²) in [4.78, 5) is 16.6. The molecule has 4 aromatic rings. The van der Waals surface area contributed by atoms with Crippen LogP contribution in [0.3, 0.4) is 0 Å². The number of hydrogen-bond donors (Lipinski definition) is 2. The van der Waals surface area contributed by atoms with E-state index in [-0.39, 0.29) is 17.6 Å². The van der Waals surface area contributed by atoms with E-state index in [0.29, 0.717) is 18.1 Å². The first-order chi connectivity index (χ1) is 15.1. The average Bonchev–Trinajstić information content (AvgIpc) is 3.17. The van der Waals surface area contributed by atoms with Crippen LogP contribution in [0.5, 0.6) is 5.75 Å². The molecule has 0 spiro atoms. The number of nitrogens with one attached hydrogen (secondary N) is 2. The number of ether oxygens (including phenoxy) is 1. The maximum Gasteiger partial charge on any atom is 0.264 e. The van der Waals surface area contributed by atoms with Crippen LogP contribution in [0, 0.1) is 6.92 Å². The number of oxazole rings is 1. The molecule has 7 heteroatoms. The van der Waals surface area contributed by atoms with E-state index in [2.05, 4.69) is 15.6 Å². The number of aromatic nitrogens is 1. The van der Waals surface area contributed by atoms with E-state index in [1.165, 1.54) is 0 Å². The zero-order chi connectivity index (χ0) is 21.6. The zero-order valence-electron chi connectivity index (χ0n) is 16.9. The number of anilines is 1. The molecule has 0 unspecified atom stereocenters. The lowest BCUT2D eigenvalue weighted by atomic mass is 10.1. The van der Waals surface area contributed by atoms with Crippen molar-refractivity contribution in [2.45, 2.75) is 13.3 Å². The molecule has 0 aliphatic heterocycles. The molecule has 0 aliphatic rings. The highest BCUT2D eigenvalue weighted by molar-refractivity contribution is 7.80. The third kappa shape index (κ3) is 5.46. The Morgan fingerprint density at radius 1 is 1.03 bits per heavy atom. The van der Waals surface area contributed by atoms with Crippen molar-refractivity contribution in [3.05, 3.63) is 89.8 Å². The van der Waals surface area contributed by atoms with E-state index in [4.69, 9.17) is 21.4 Å². The lowest BCUT2D eigenvalue weighted by molar-refractivity contribution is -0.121. The molecule has 0 atom stereocenters. The summed E-state index contributed by atoms with van der Waals surface area (Å²) in [5, 5.41) is 5.83. The van der Waals surface area contributed by atoms with Crippen molar-refractivity contribution in [1.82, 2.24) is 10.3 Å². The Bertz CT molecular complexity index is 1190. The highest BCUT2D eigenvalue weighted by Crippen LogP contribution is 2.19. The SMILES string of the molecule is Cc1ccccc1OCC(=O)NC(=S)Nc1ccc(Cc2nc3ccccc3o2)cc1. The van der Waals surface area contributed by atoms with E-state index in [0.717, 1.165) is 27.9 Å². The monoisotopic (exact) mass is 431 g/mol. The highest BCUT2D eigenvalue weighted by Gasteiger charge is 2.09. The molecule has 0 saturated heterocycles. The van der Waals surface area contributed by atoms with Crippen molar-refractivity contribution in [3.8, 4) is 5.75 Å². The zero-order valence-corrected chi connectivity index (χ0v) is 17.7. The third-order valence-corrected chi connectivity index (χ3v) is 4.81. The molecule has 1 aromatic heterocycles. The summed E-state index contributed by atoms with van der Waals surface area (Å²) in [5.74, 6) is 1.01. The first kappa shape index (κ1) is 20.6. The smallest absolute Gasteiger partial charge is 0.264 e. The van der Waals surface area contributed by atoms with Crippen molar-refractivity contribution in [2.24, 2.45) is 0 Å². The number of carbonyl (C=O) groups is 1. The van der Waals surface area contributed by atoms with Crippen LogP contribution in [0.25, 0.3) is 11.1 Å². The van der Waals surface area contributed by atoms with Gasteiger partial charge in [-0.3, -0.25) is 10.1 Å². The molecule has 0 fully saturated rings. The highest BCUT2D eigenvalue weighted by atomic mass is 32.1. The van der Waals surface area contributed by atoms with Crippen LogP contribution < -0.4 is 15.4 Å². The fraction of sp³-hybridized carbons (Fsp3) is 0.125. The van der Waals surface area contributed by atoms with Gasteiger partial charge in [0, 0.05) is 12.1 Å². The Kier molecular flexibility index (Phi) is 6.24. The lowest BCUT2D eigenvalue weighted by Crippen LogP contribution is -2.37. The van der Waals surface area contributed by atoms with E-state index in [1.54, 1.807) is 0 Å². The van der Waals surface area contributed by atoms with Crippen LogP contribution in [-0.2, 0) is 11.2 Å². The number of nitrogens with zero attached hydrogens (tertiary/aromatic N) is 1. The van der Waals surface area contributed by atoms with Gasteiger partial charge in [-0.2, -0.15) is 0 Å². The predicted octanol–water partition coefficient (Wildman–Crippen LogP) is 4.62. The number of thiocarbonyl (C=S) groups is 1. The Labute approximate surface area is 185 Å². The largest absolute Gasteiger partial charge is 0.483 e. The summed E-state index contributed by atoms with van der Waals surface area (Å²) < 4.78 is 11.3. The van der Waals surface area contributed by atoms with E-state index in [9.17, 15) is 4.79 Å². The van der Waals surface area contributed by atoms with Gasteiger partial charge in [-0.05, 0) is 60.6 Å². The Hall–Kier alpha value is -3.71. The Balaban J connectivity index is 1.27. The first-order valence-electron chi connectivity index (χ1n) is 9.79. The van der Waals surface area contributed by atoms with E-state index in [1.807, 2.05) is 79.7 Å². The molecule has 31 heavy (non-hydrogen) atoms. The van der Waals surface area contributed by atoms with Gasteiger partial charge in [-0.15, -0.1) is 0 Å². The van der Waals surface area contributed by atoms with Crippen LogP contribution in [0.15, 0.2) is 77.2 Å². The average molecular weight is 432 g/mol. The van der Waals surface area contributed by atoms with E-state index < -0.39 is 0 Å². The minimum Gasteiger partial charge on any atom is -0.483 e. The molecule has 4 rings (SSSR count). The second kappa shape index (κ2) is 9.40. The van der Waals surface area contributed by atoms with Gasteiger partial charge in [0.2, 0.25) is 0 Å². The van der Waals surface area contributed by atoms with Gasteiger partial charge < -0.3 is 14.5 Å². The van der Waals surface area contributed by atoms with Gasteiger partial charge in [0.25, 0.3) is 5.91 Å². The number of rotatable bonds is 6. The van der Waals surface area contributed by atoms with Crippen molar-refractivity contribution < 1.29 is 13.9 Å². The number of hydrogen-bond acceptors (Lipinski definition) is 5. The molecule has 0 aliphatic carbocycles. The predicted molar refractivity (Wildman–Crippen MR) is 124 cm³/mol. The third-order valence-electron chi connectivity index (χ3n) is 4.61. The van der Waals surface area contributed by atoms with Crippen LogP contribution >= 0.6 is 12.2 Å². The number of amides is 1. The summed E-state index contributed by atoms with van der Waals surface area (Å²) in [6.45, 7) is 1.81. The second-order valence-corrected chi connectivity index (χ2v) is 7.41. The Morgan fingerprint density at radius 2 is 1.77 bits per heavy atom. The summed E-state index contributed by atoms with van der Waals surface area (Å²) in [5.41, 5.74) is 4.42. The van der Waals surface area contributed by atoms with E-state index >= 15 is 0 Å². The minimum atomic E-state index is -0.326. The topological polar surface area (TPSA) is 76.4 Å². The molecule has 3 aromatic carbocycles. The van der Waals surface area contributed by atoms with Crippen LogP contribution in [-0.4, -0.2) is 22.6 Å². The standard InChI is InChI=1S/C24H21N3O3S/c1-16-6-2-4-8-20(16)29-15-22(28)27-24(31)25-18-12-10-17(11-13-18)14-23-26-19-7-3-5-9-21(19)30-23/h2-13H,14-15H2,1H3,(H2,25,27,28,31). The van der Waals surface area contributed by atoms with Crippen molar-refractivity contribution >= 4 is 40.0 Å². The van der Waals surface area contributed by atoms with Gasteiger partial charge in [-0.1, -0.05) is 42.5 Å². The Morgan fingerprint density at radius 3 is 2.55 bits per heavy atom. The van der Waals surface area contributed by atoms with Crippen LogP contribution in [0.1, 0.15) is 17.0 Å². The lowest BCUT2D eigenvalue weighted by Gasteiger charge is -2.11. The van der Waals surface area contributed by atoms with Gasteiger partial charge in [0.1, 0.15) is 11.3 Å². The molecular formula is C24H21N3O3S. The normalized spacial score (nSPS) is 10.6. The summed E-state index contributed by atoms with van der Waals surface area (Å²) in [6, 6.07) is 22.9. The molecule has 0 saturated carbocycles. The maximum atomic E-state index is 12.1. The van der Waals surface area contributed by atoms with Gasteiger partial charge in [0.05, 0.1) is 0 Å². The van der Waals surface area contributed by atoms with Gasteiger partial charge in [-0.25, -0.2) is 4.98 Å². The minimum absolute atomic E-state index is 0.115. The van der Waals surface area contributed by atoms with Crippen LogP contribution in [0.2, 0.25) is 0 Å². The molecule has 1 heterocycles. The quantitative estimate of drug-likeness (QED) is 0.434. The fourth-order valence-electron chi connectivity index (χ4n) is 3.06. The number of aryl methyl sites for hydroxylation is 1. The van der Waals surface area contributed by atoms with Crippen molar-refractivity contribution in [3.63, 3.8) is 0 Å². The summed E-state index contributed by atoms with van der Waals surface area (Å²) in [7, 11) is 0. The summed E-state index contributed by atoms with van der Waals surface area (Å²) in [6.07, 6.45) is 0.590. The first-order valence-corrected chi connectivity index (χ1v) is 10.2. The molecular weight excluding hydrogens is 410 g/mol. The van der Waals surface area contributed by atoms with Crippen molar-refractivity contribution in [2.75, 3.05) is 11.9 Å². The number of benzene rings is 3. The van der Waals surface area contributed by atoms with Crippen molar-refractivity contribution in [1.29, 1.82) is 0 Å². The molecule has 1 amide bonds. The molecule has 2 N–H and O–H groups in total. The summed E-state index contributed by atoms with van der Waals surface area (Å²) >= 11 is 5.22. The van der Waals surface area contributed by atoms with Gasteiger partial charge in [0.15, 0.2) is 23.2 Å². The maximum absolute atomic E-state index is 12.1. The number of carbonyl (C=O) groups excluding carboxylic acids is 1. The number of fused-ring (bicyclic) bond motifs is 1. The van der Waals surface area contributed by atoms with Crippen LogP contribution in [0.4, 0.5) is 5.69 Å². The molecule has 0 radical (unpaired) electrons. The molecule has 6 nitrogen and oxygen atoms in total. The van der Waals surface area contributed by atoms with Gasteiger partial charge >= 0.3 is 0 Å². The fourth-order valence-corrected chi connectivity index (χ4v) is 3.29. The molecule has 156 valence electrons. The number of para-hydroxylation sites is 3. The molecule has 0 bridgehead atoms. The second-order valence-electron chi connectivity index (χ2n) is 7.01.